The highest BCUT2D eigenvalue weighted by atomic mass is 19.4. The van der Waals surface area contributed by atoms with E-state index in [1.807, 2.05) is 0 Å². The number of hydrogen-bond donors (Lipinski definition) is 1. The lowest BCUT2D eigenvalue weighted by molar-refractivity contribution is -0.153. The standard InChI is InChI=1S/C20H21F3N2O4/c1-3-16(26)10-15-9-14(6-7-24-15)19(27)25-11-13-4-5-17(18(8-13)28-2)29-12-20(21,22)23/h4-9H,3,10-12H2,1-2H3,(H,25,27). The number of carbonyl (C=O) groups is 2. The highest BCUT2D eigenvalue weighted by Crippen LogP contribution is 2.29. The Labute approximate surface area is 166 Å². The topological polar surface area (TPSA) is 77.5 Å². The lowest BCUT2D eigenvalue weighted by Crippen LogP contribution is -2.23. The first-order valence-electron chi connectivity index (χ1n) is 8.83. The molecule has 1 N–H and O–H groups in total. The molecule has 9 heteroatoms. The number of ketones is 1. The molecule has 0 saturated heterocycles. The smallest absolute Gasteiger partial charge is 0.422 e. The van der Waals surface area contributed by atoms with E-state index in [0.29, 0.717) is 23.2 Å². The molecule has 1 aromatic heterocycles. The summed E-state index contributed by atoms with van der Waals surface area (Å²) < 4.78 is 46.7. The largest absolute Gasteiger partial charge is 0.493 e. The quantitative estimate of drug-likeness (QED) is 0.685. The van der Waals surface area contributed by atoms with Crippen molar-refractivity contribution in [3.8, 4) is 11.5 Å². The first-order valence-corrected chi connectivity index (χ1v) is 8.83. The Morgan fingerprint density at radius 2 is 1.90 bits per heavy atom. The maximum Gasteiger partial charge on any atom is 0.422 e. The molecule has 0 saturated carbocycles. The zero-order chi connectivity index (χ0) is 21.4. The molecule has 1 aromatic carbocycles. The predicted molar refractivity (Wildman–Crippen MR) is 99.0 cm³/mol. The van der Waals surface area contributed by atoms with Crippen LogP contribution in [0.15, 0.2) is 36.5 Å². The number of amides is 1. The molecule has 0 aliphatic rings. The Morgan fingerprint density at radius 1 is 1.14 bits per heavy atom. The predicted octanol–water partition coefficient (Wildman–Crippen LogP) is 3.48. The van der Waals surface area contributed by atoms with Crippen molar-refractivity contribution in [1.82, 2.24) is 10.3 Å². The molecule has 0 bridgehead atoms. The van der Waals surface area contributed by atoms with E-state index in [4.69, 9.17) is 9.47 Å². The number of nitrogens with zero attached hydrogens (tertiary/aromatic N) is 1. The fraction of sp³-hybridized carbons (Fsp3) is 0.350. The van der Waals surface area contributed by atoms with Gasteiger partial charge in [-0.2, -0.15) is 13.2 Å². The monoisotopic (exact) mass is 410 g/mol. The van der Waals surface area contributed by atoms with Crippen molar-refractivity contribution in [3.63, 3.8) is 0 Å². The summed E-state index contributed by atoms with van der Waals surface area (Å²) in [6.07, 6.45) is -2.44. The van der Waals surface area contributed by atoms with Crippen molar-refractivity contribution in [2.75, 3.05) is 13.7 Å². The van der Waals surface area contributed by atoms with E-state index in [2.05, 4.69) is 10.3 Å². The summed E-state index contributed by atoms with van der Waals surface area (Å²) in [5.41, 5.74) is 1.48. The maximum absolute atomic E-state index is 12.4. The lowest BCUT2D eigenvalue weighted by Gasteiger charge is -2.14. The fourth-order valence-electron chi connectivity index (χ4n) is 2.43. The molecule has 0 aliphatic carbocycles. The van der Waals surface area contributed by atoms with Crippen molar-refractivity contribution in [2.24, 2.45) is 0 Å². The van der Waals surface area contributed by atoms with Gasteiger partial charge >= 0.3 is 6.18 Å². The second-order valence-corrected chi connectivity index (χ2v) is 6.18. The minimum atomic E-state index is -4.46. The highest BCUT2D eigenvalue weighted by Gasteiger charge is 2.29. The third-order valence-corrected chi connectivity index (χ3v) is 3.92. The van der Waals surface area contributed by atoms with E-state index in [-0.39, 0.29) is 36.2 Å². The maximum atomic E-state index is 12.4. The molecule has 1 amide bonds. The summed E-state index contributed by atoms with van der Waals surface area (Å²) in [5.74, 6) is -0.256. The Balaban J connectivity index is 2.01. The fourth-order valence-corrected chi connectivity index (χ4v) is 2.43. The van der Waals surface area contributed by atoms with E-state index >= 15 is 0 Å². The van der Waals surface area contributed by atoms with Crippen molar-refractivity contribution < 1.29 is 32.2 Å². The summed E-state index contributed by atoms with van der Waals surface area (Å²) in [5, 5.41) is 2.71. The number of benzene rings is 1. The van der Waals surface area contributed by atoms with Crippen molar-refractivity contribution in [1.29, 1.82) is 0 Å². The lowest BCUT2D eigenvalue weighted by atomic mass is 10.1. The number of rotatable bonds is 9. The van der Waals surface area contributed by atoms with Gasteiger partial charge in [-0.15, -0.1) is 0 Å². The van der Waals surface area contributed by atoms with Gasteiger partial charge in [-0.05, 0) is 29.8 Å². The molecule has 6 nitrogen and oxygen atoms in total. The molecule has 0 unspecified atom stereocenters. The van der Waals surface area contributed by atoms with Crippen LogP contribution in [-0.2, 0) is 17.8 Å². The van der Waals surface area contributed by atoms with Crippen molar-refractivity contribution >= 4 is 11.7 Å². The molecule has 2 aromatic rings. The Morgan fingerprint density at radius 3 is 2.55 bits per heavy atom. The number of halogens is 3. The number of carbonyl (C=O) groups excluding carboxylic acids is 2. The summed E-state index contributed by atoms with van der Waals surface area (Å²) >= 11 is 0. The molecule has 2 rings (SSSR count). The van der Waals surface area contributed by atoms with Gasteiger partial charge < -0.3 is 14.8 Å². The van der Waals surface area contributed by atoms with Gasteiger partial charge in [0.15, 0.2) is 18.1 Å². The highest BCUT2D eigenvalue weighted by molar-refractivity contribution is 5.94. The van der Waals surface area contributed by atoms with Gasteiger partial charge in [-0.1, -0.05) is 13.0 Å². The summed E-state index contributed by atoms with van der Waals surface area (Å²) in [6, 6.07) is 7.46. The van der Waals surface area contributed by atoms with E-state index in [1.165, 1.54) is 37.6 Å². The van der Waals surface area contributed by atoms with Crippen LogP contribution in [0.25, 0.3) is 0 Å². The Kier molecular flexibility index (Phi) is 7.58. The number of ether oxygens (including phenoxy) is 2. The minimum absolute atomic E-state index is 0.0231. The number of nitrogens with one attached hydrogen (secondary N) is 1. The van der Waals surface area contributed by atoms with Crippen molar-refractivity contribution in [2.45, 2.75) is 32.5 Å². The van der Waals surface area contributed by atoms with Gasteiger partial charge in [0.2, 0.25) is 0 Å². The van der Waals surface area contributed by atoms with E-state index < -0.39 is 12.8 Å². The molecule has 1 heterocycles. The third-order valence-electron chi connectivity index (χ3n) is 3.92. The van der Waals surface area contributed by atoms with Gasteiger partial charge in [0.1, 0.15) is 5.78 Å². The van der Waals surface area contributed by atoms with Crippen LogP contribution in [0.4, 0.5) is 13.2 Å². The van der Waals surface area contributed by atoms with Crippen molar-refractivity contribution in [3.05, 3.63) is 53.3 Å². The molecular formula is C20H21F3N2O4. The Bertz CT molecular complexity index is 869. The summed E-state index contributed by atoms with van der Waals surface area (Å²) in [4.78, 5) is 28.0. The first kappa shape index (κ1) is 22.2. The second kappa shape index (κ2) is 9.90. The molecule has 0 atom stereocenters. The number of methoxy groups -OCH3 is 1. The van der Waals surface area contributed by atoms with Gasteiger partial charge in [0.05, 0.1) is 7.11 Å². The van der Waals surface area contributed by atoms with Gasteiger partial charge in [0, 0.05) is 36.8 Å². The molecule has 29 heavy (non-hydrogen) atoms. The number of pyridine rings is 1. The normalized spacial score (nSPS) is 11.1. The van der Waals surface area contributed by atoms with E-state index in [1.54, 1.807) is 13.0 Å². The Hall–Kier alpha value is -3.10. The zero-order valence-electron chi connectivity index (χ0n) is 16.0. The minimum Gasteiger partial charge on any atom is -0.493 e. The second-order valence-electron chi connectivity index (χ2n) is 6.18. The summed E-state index contributed by atoms with van der Waals surface area (Å²) in [7, 11) is 1.31. The third kappa shape index (κ3) is 7.10. The molecule has 0 spiro atoms. The van der Waals surface area contributed by atoms with E-state index in [9.17, 15) is 22.8 Å². The van der Waals surface area contributed by atoms with Crippen LogP contribution in [-0.4, -0.2) is 36.6 Å². The zero-order valence-corrected chi connectivity index (χ0v) is 16.0. The number of Topliss-reactive ketones (excluding diaryl/α,β-unsaturated/α-hetero) is 1. The van der Waals surface area contributed by atoms with Gasteiger partial charge in [-0.25, -0.2) is 0 Å². The van der Waals surface area contributed by atoms with Crippen LogP contribution in [0.5, 0.6) is 11.5 Å². The van der Waals surface area contributed by atoms with Crippen LogP contribution in [0.1, 0.15) is 35.0 Å². The summed E-state index contributed by atoms with van der Waals surface area (Å²) in [6.45, 7) is 0.456. The molecule has 156 valence electrons. The molecular weight excluding hydrogens is 389 g/mol. The number of alkyl halides is 3. The van der Waals surface area contributed by atoms with Gasteiger partial charge in [0.25, 0.3) is 5.91 Å². The van der Waals surface area contributed by atoms with Gasteiger partial charge in [-0.3, -0.25) is 14.6 Å². The SMILES string of the molecule is CCC(=O)Cc1cc(C(=O)NCc2ccc(OCC(F)(F)F)c(OC)c2)ccn1. The average molecular weight is 410 g/mol. The molecule has 0 fully saturated rings. The van der Waals surface area contributed by atoms with E-state index in [0.717, 1.165) is 0 Å². The number of aromatic nitrogens is 1. The van der Waals surface area contributed by atoms with Crippen LogP contribution < -0.4 is 14.8 Å². The van der Waals surface area contributed by atoms with Crippen LogP contribution in [0, 0.1) is 0 Å². The van der Waals surface area contributed by atoms with Crippen LogP contribution in [0.3, 0.4) is 0 Å². The number of hydrogen-bond acceptors (Lipinski definition) is 5. The first-order chi connectivity index (χ1) is 13.7. The molecule has 0 aliphatic heterocycles. The average Bonchev–Trinajstić information content (AvgIpc) is 2.70. The van der Waals surface area contributed by atoms with Crippen LogP contribution in [0.2, 0.25) is 0 Å². The molecule has 0 radical (unpaired) electrons. The van der Waals surface area contributed by atoms with Crippen LogP contribution >= 0.6 is 0 Å².